The Hall–Kier alpha value is -3.14. The van der Waals surface area contributed by atoms with Crippen LogP contribution in [0, 0.1) is 6.92 Å². The largest absolute Gasteiger partial charge is 0.435 e. The number of carbonyl (C=O) groups excluding carboxylic acids is 1. The van der Waals surface area contributed by atoms with Gasteiger partial charge in [-0.3, -0.25) is 0 Å². The minimum Gasteiger partial charge on any atom is -0.318 e. The highest BCUT2D eigenvalue weighted by Gasteiger charge is 2.35. The Kier molecular flexibility index (Phi) is 7.45. The van der Waals surface area contributed by atoms with Gasteiger partial charge in [-0.2, -0.15) is 18.3 Å². The number of hydrogen-bond donors (Lipinski definition) is 0. The van der Waals surface area contributed by atoms with Crippen LogP contribution < -0.4 is 0 Å². The molecule has 2 amide bonds. The molecule has 2 aromatic carbocycles. The third kappa shape index (κ3) is 5.93. The molecule has 0 unspecified atom stereocenters. The van der Waals surface area contributed by atoms with Crippen molar-refractivity contribution < 1.29 is 22.2 Å². The molecule has 35 heavy (non-hydrogen) atoms. The smallest absolute Gasteiger partial charge is 0.318 e. The molecule has 0 aliphatic rings. The zero-order valence-corrected chi connectivity index (χ0v) is 21.3. The summed E-state index contributed by atoms with van der Waals surface area (Å²) in [6.45, 7) is 9.30. The molecule has 0 aliphatic carbocycles. The fourth-order valence-corrected chi connectivity index (χ4v) is 4.91. The van der Waals surface area contributed by atoms with Crippen molar-refractivity contribution in [1.82, 2.24) is 14.7 Å². The summed E-state index contributed by atoms with van der Waals surface area (Å²) >= 11 is 0. The molecule has 0 saturated carbocycles. The van der Waals surface area contributed by atoms with Gasteiger partial charge < -0.3 is 4.90 Å². The second kappa shape index (κ2) is 9.85. The van der Waals surface area contributed by atoms with Gasteiger partial charge in [-0.1, -0.05) is 29.8 Å². The second-order valence-corrected chi connectivity index (χ2v) is 11.2. The number of benzene rings is 2. The Balaban J connectivity index is 2.04. The number of halogens is 3. The summed E-state index contributed by atoms with van der Waals surface area (Å²) in [4.78, 5) is 14.5. The highest BCUT2D eigenvalue weighted by molar-refractivity contribution is 7.93. The third-order valence-corrected chi connectivity index (χ3v) is 7.10. The number of alkyl halides is 3. The van der Waals surface area contributed by atoms with Crippen LogP contribution in [0.2, 0.25) is 0 Å². The predicted molar refractivity (Wildman–Crippen MR) is 131 cm³/mol. The van der Waals surface area contributed by atoms with Gasteiger partial charge in [-0.15, -0.1) is 4.36 Å². The molecule has 10 heteroatoms. The molecular formula is C25H29F3N4O2S. The highest BCUT2D eigenvalue weighted by atomic mass is 32.2. The molecule has 1 aromatic heterocycles. The van der Waals surface area contributed by atoms with Gasteiger partial charge in [0.2, 0.25) is 0 Å². The number of aryl methyl sites for hydroxylation is 1. The third-order valence-electron chi connectivity index (χ3n) is 5.45. The molecule has 188 valence electrons. The Morgan fingerprint density at radius 2 is 1.54 bits per heavy atom. The number of carbonyl (C=O) groups is 1. The molecule has 1 atom stereocenters. The minimum atomic E-state index is -4.61. The zero-order valence-electron chi connectivity index (χ0n) is 20.5. The molecule has 0 bridgehead atoms. The average molecular weight is 507 g/mol. The van der Waals surface area contributed by atoms with Crippen molar-refractivity contribution in [3.63, 3.8) is 0 Å². The summed E-state index contributed by atoms with van der Waals surface area (Å²) in [5.41, 5.74) is 1.16. The average Bonchev–Trinajstić information content (AvgIpc) is 3.19. The van der Waals surface area contributed by atoms with Crippen molar-refractivity contribution in [2.75, 3.05) is 6.26 Å². The van der Waals surface area contributed by atoms with E-state index in [0.717, 1.165) is 11.6 Å². The molecule has 0 N–H and O–H groups in total. The molecule has 0 fully saturated rings. The summed E-state index contributed by atoms with van der Waals surface area (Å²) in [5, 5.41) is 3.79. The van der Waals surface area contributed by atoms with Crippen LogP contribution in [-0.2, 0) is 15.9 Å². The maximum Gasteiger partial charge on any atom is 0.435 e. The summed E-state index contributed by atoms with van der Waals surface area (Å²) < 4.78 is 58.8. The van der Waals surface area contributed by atoms with Crippen molar-refractivity contribution >= 4 is 15.8 Å². The van der Waals surface area contributed by atoms with Gasteiger partial charge in [-0.25, -0.2) is 13.7 Å². The van der Waals surface area contributed by atoms with Crippen molar-refractivity contribution in [3.8, 4) is 16.9 Å². The Labute approximate surface area is 203 Å². The van der Waals surface area contributed by atoms with Crippen LogP contribution in [-0.4, -0.2) is 43.3 Å². The maximum atomic E-state index is 13.4. The topological polar surface area (TPSA) is 67.6 Å². The summed E-state index contributed by atoms with van der Waals surface area (Å²) in [7, 11) is -3.08. The predicted octanol–water partition coefficient (Wildman–Crippen LogP) is 6.56. The van der Waals surface area contributed by atoms with Crippen molar-refractivity contribution in [2.24, 2.45) is 4.36 Å². The van der Waals surface area contributed by atoms with E-state index >= 15 is 0 Å². The fourth-order valence-electron chi connectivity index (χ4n) is 3.77. The lowest BCUT2D eigenvalue weighted by Gasteiger charge is -2.28. The highest BCUT2D eigenvalue weighted by Crippen LogP contribution is 2.33. The first-order valence-electron chi connectivity index (χ1n) is 11.1. The summed E-state index contributed by atoms with van der Waals surface area (Å²) in [6.07, 6.45) is -3.24. The first-order chi connectivity index (χ1) is 16.2. The number of nitrogens with zero attached hydrogens (tertiary/aromatic N) is 4. The van der Waals surface area contributed by atoms with Crippen molar-refractivity contribution in [1.29, 1.82) is 0 Å². The van der Waals surface area contributed by atoms with Crippen molar-refractivity contribution in [2.45, 2.75) is 57.8 Å². The zero-order chi connectivity index (χ0) is 26.1. The Bertz CT molecular complexity index is 1310. The monoisotopic (exact) mass is 506 g/mol. The minimum absolute atomic E-state index is 0.119. The lowest BCUT2D eigenvalue weighted by molar-refractivity contribution is -0.141. The molecular weight excluding hydrogens is 477 g/mol. The first-order valence-corrected chi connectivity index (χ1v) is 13.0. The molecule has 0 spiro atoms. The van der Waals surface area contributed by atoms with Crippen LogP contribution in [0.4, 0.5) is 18.0 Å². The molecule has 3 aromatic rings. The molecule has 1 heterocycles. The van der Waals surface area contributed by atoms with E-state index in [2.05, 4.69) is 9.46 Å². The van der Waals surface area contributed by atoms with E-state index in [1.165, 1.54) is 40.1 Å². The number of urea groups is 1. The van der Waals surface area contributed by atoms with Gasteiger partial charge in [0, 0.05) is 28.8 Å². The Morgan fingerprint density at radius 1 is 1.00 bits per heavy atom. The molecule has 6 nitrogen and oxygen atoms in total. The lowest BCUT2D eigenvalue weighted by Crippen LogP contribution is -2.40. The van der Waals surface area contributed by atoms with Crippen LogP contribution >= 0.6 is 0 Å². The standard InChI is InChI=1S/C25H29F3N4O2S/c1-16(2)31(17(3)4)24(33)30-35(6,34)21-13-11-20(12-14-21)32-22(15-23(29-32)25(26,27)28)19-9-7-18(5)8-10-19/h7-17H,1-6H3/t35-/m0/s1. The van der Waals surface area contributed by atoms with E-state index in [1.54, 1.807) is 12.1 Å². The van der Waals surface area contributed by atoms with Crippen LogP contribution in [0.1, 0.15) is 39.0 Å². The van der Waals surface area contributed by atoms with Crippen LogP contribution in [0.25, 0.3) is 16.9 Å². The van der Waals surface area contributed by atoms with E-state index < -0.39 is 27.6 Å². The van der Waals surface area contributed by atoms with Gasteiger partial charge in [0.05, 0.1) is 21.1 Å². The molecule has 0 saturated heterocycles. The molecule has 3 rings (SSSR count). The van der Waals surface area contributed by atoms with Gasteiger partial charge in [-0.05, 0) is 65.0 Å². The van der Waals surface area contributed by atoms with Crippen molar-refractivity contribution in [3.05, 3.63) is 65.9 Å². The van der Waals surface area contributed by atoms with Gasteiger partial charge in [0.1, 0.15) is 0 Å². The van der Waals surface area contributed by atoms with Gasteiger partial charge in [0.25, 0.3) is 0 Å². The summed E-state index contributed by atoms with van der Waals surface area (Å²) in [5.74, 6) is 0. The maximum absolute atomic E-state index is 13.4. The van der Waals surface area contributed by atoms with Crippen LogP contribution in [0.5, 0.6) is 0 Å². The van der Waals surface area contributed by atoms with E-state index in [-0.39, 0.29) is 17.8 Å². The summed E-state index contributed by atoms with van der Waals surface area (Å²) in [6, 6.07) is 13.3. The Morgan fingerprint density at radius 3 is 2.03 bits per heavy atom. The molecule has 0 aliphatic heterocycles. The molecule has 0 radical (unpaired) electrons. The van der Waals surface area contributed by atoms with Gasteiger partial charge in [0.15, 0.2) is 5.69 Å². The normalized spacial score (nSPS) is 13.7. The van der Waals surface area contributed by atoms with E-state index in [4.69, 9.17) is 0 Å². The van der Waals surface area contributed by atoms with E-state index in [0.29, 0.717) is 16.1 Å². The van der Waals surface area contributed by atoms with E-state index in [9.17, 15) is 22.2 Å². The first kappa shape index (κ1) is 26.5. The SMILES string of the molecule is Cc1ccc(-c2cc(C(F)(F)F)nn2-c2ccc([S@](C)(=O)=NC(=O)N(C(C)C)C(C)C)cc2)cc1. The fraction of sp³-hybridized carbons (Fsp3) is 0.360. The van der Waals surface area contributed by atoms with E-state index in [1.807, 2.05) is 46.8 Å². The number of aromatic nitrogens is 2. The van der Waals surface area contributed by atoms with Gasteiger partial charge >= 0.3 is 12.2 Å². The number of hydrogen-bond acceptors (Lipinski definition) is 3. The quantitative estimate of drug-likeness (QED) is 0.393. The second-order valence-electron chi connectivity index (χ2n) is 8.96. The number of amides is 2. The number of rotatable bonds is 5. The lowest BCUT2D eigenvalue weighted by atomic mass is 10.1. The van der Waals surface area contributed by atoms with Crippen LogP contribution in [0.15, 0.2) is 63.9 Å². The van der Waals surface area contributed by atoms with Crippen LogP contribution in [0.3, 0.4) is 0 Å².